The van der Waals surface area contributed by atoms with Gasteiger partial charge in [0.1, 0.15) is 11.9 Å². The van der Waals surface area contributed by atoms with Crippen LogP contribution in [-0.2, 0) is 26.2 Å². The Morgan fingerprint density at radius 3 is 2.27 bits per heavy atom. The molecule has 0 aliphatic heterocycles. The van der Waals surface area contributed by atoms with Gasteiger partial charge in [-0.3, -0.25) is 9.59 Å². The third-order valence-corrected chi connectivity index (χ3v) is 7.21. The van der Waals surface area contributed by atoms with Crippen LogP contribution in [0.1, 0.15) is 32.3 Å². The number of hydrogen-bond donors (Lipinski definition) is 1. The highest BCUT2D eigenvalue weighted by molar-refractivity contribution is 7.89. The minimum absolute atomic E-state index is 0.00218. The molecule has 0 heterocycles. The van der Waals surface area contributed by atoms with Crippen LogP contribution in [0.3, 0.4) is 0 Å². The number of halogens is 2. The summed E-state index contributed by atoms with van der Waals surface area (Å²) in [4.78, 5) is 27.1. The first-order valence-corrected chi connectivity index (χ1v) is 12.4. The monoisotopic (exact) mass is 497 g/mol. The Labute approximate surface area is 199 Å². The summed E-state index contributed by atoms with van der Waals surface area (Å²) in [5, 5.41) is 3.18. The van der Waals surface area contributed by atoms with Gasteiger partial charge >= 0.3 is 0 Å². The van der Waals surface area contributed by atoms with Crippen molar-refractivity contribution in [2.45, 2.75) is 44.2 Å². The highest BCUT2D eigenvalue weighted by Crippen LogP contribution is 2.18. The lowest BCUT2D eigenvalue weighted by atomic mass is 10.1. The standard InChI is InChI=1S/C23H29ClFN3O4S/c1-4-5-14-26-23(30)17(2)28(15-18-6-10-20(25)11-7-18)22(29)16-27(3)33(31,32)21-12-8-19(24)9-13-21/h6-13,17H,4-5,14-16H2,1-3H3,(H,26,30)/t17-/m1/s1. The fourth-order valence-corrected chi connectivity index (χ4v) is 4.30. The van der Waals surface area contributed by atoms with E-state index in [2.05, 4.69) is 5.32 Å². The number of hydrogen-bond acceptors (Lipinski definition) is 4. The van der Waals surface area contributed by atoms with Crippen LogP contribution in [0.2, 0.25) is 5.02 Å². The number of unbranched alkanes of at least 4 members (excludes halogenated alkanes) is 1. The quantitative estimate of drug-likeness (QED) is 0.482. The fourth-order valence-electron chi connectivity index (χ4n) is 3.06. The highest BCUT2D eigenvalue weighted by Gasteiger charge is 2.30. The van der Waals surface area contributed by atoms with Crippen molar-refractivity contribution < 1.29 is 22.4 Å². The summed E-state index contributed by atoms with van der Waals surface area (Å²) in [6.07, 6.45) is 1.70. The fraction of sp³-hybridized carbons (Fsp3) is 0.391. The minimum Gasteiger partial charge on any atom is -0.354 e. The molecule has 0 aliphatic carbocycles. The first kappa shape index (κ1) is 26.8. The molecule has 0 fully saturated rings. The van der Waals surface area contributed by atoms with E-state index >= 15 is 0 Å². The molecule has 2 aromatic carbocycles. The van der Waals surface area contributed by atoms with Gasteiger partial charge in [-0.05, 0) is 55.3 Å². The molecule has 0 spiro atoms. The average molecular weight is 498 g/mol. The van der Waals surface area contributed by atoms with Crippen LogP contribution >= 0.6 is 11.6 Å². The van der Waals surface area contributed by atoms with Gasteiger partial charge in [0, 0.05) is 25.2 Å². The van der Waals surface area contributed by atoms with Gasteiger partial charge < -0.3 is 10.2 Å². The molecule has 2 amide bonds. The van der Waals surface area contributed by atoms with E-state index in [1.807, 2.05) is 6.92 Å². The first-order valence-electron chi connectivity index (χ1n) is 10.6. The summed E-state index contributed by atoms with van der Waals surface area (Å²) in [5.74, 6) is -1.32. The Bertz CT molecular complexity index is 1050. The molecule has 0 unspecified atom stereocenters. The average Bonchev–Trinajstić information content (AvgIpc) is 2.78. The number of likely N-dealkylation sites (N-methyl/N-ethyl adjacent to an activating group) is 1. The lowest BCUT2D eigenvalue weighted by molar-refractivity contribution is -0.140. The van der Waals surface area contributed by atoms with E-state index in [0.29, 0.717) is 17.1 Å². The van der Waals surface area contributed by atoms with Crippen molar-refractivity contribution in [3.05, 3.63) is 64.9 Å². The van der Waals surface area contributed by atoms with E-state index in [4.69, 9.17) is 11.6 Å². The van der Waals surface area contributed by atoms with Gasteiger partial charge in [-0.2, -0.15) is 4.31 Å². The second kappa shape index (κ2) is 12.1. The Kier molecular flexibility index (Phi) is 9.82. The normalized spacial score (nSPS) is 12.4. The molecule has 0 aliphatic rings. The van der Waals surface area contributed by atoms with Gasteiger partial charge in [-0.15, -0.1) is 0 Å². The molecule has 1 atom stereocenters. The van der Waals surface area contributed by atoms with Gasteiger partial charge in [0.2, 0.25) is 21.8 Å². The second-order valence-electron chi connectivity index (χ2n) is 7.68. The third kappa shape index (κ3) is 7.52. The van der Waals surface area contributed by atoms with Crippen LogP contribution in [0.15, 0.2) is 53.4 Å². The van der Waals surface area contributed by atoms with Gasteiger partial charge in [0.05, 0.1) is 11.4 Å². The summed E-state index contributed by atoms with van der Waals surface area (Å²) in [7, 11) is -2.65. The number of nitrogens with zero attached hydrogens (tertiary/aromatic N) is 2. The van der Waals surface area contributed by atoms with Crippen LogP contribution in [-0.4, -0.2) is 55.6 Å². The van der Waals surface area contributed by atoms with Crippen molar-refractivity contribution in [2.24, 2.45) is 0 Å². The molecule has 0 radical (unpaired) electrons. The Balaban J connectivity index is 2.22. The number of carbonyl (C=O) groups is 2. The Morgan fingerprint density at radius 1 is 1.09 bits per heavy atom. The molecule has 180 valence electrons. The van der Waals surface area contributed by atoms with E-state index in [0.717, 1.165) is 17.1 Å². The number of nitrogens with one attached hydrogen (secondary N) is 1. The SMILES string of the molecule is CCCCNC(=O)[C@@H](C)N(Cc1ccc(F)cc1)C(=O)CN(C)S(=O)(=O)c1ccc(Cl)cc1. The molecule has 0 saturated carbocycles. The van der Waals surface area contributed by atoms with Gasteiger partial charge in [0.25, 0.3) is 0 Å². The van der Waals surface area contributed by atoms with Crippen molar-refractivity contribution in [3.8, 4) is 0 Å². The maximum atomic E-state index is 13.3. The van der Waals surface area contributed by atoms with Gasteiger partial charge in [0.15, 0.2) is 0 Å². The van der Waals surface area contributed by atoms with Crippen LogP contribution in [0.5, 0.6) is 0 Å². The summed E-state index contributed by atoms with van der Waals surface area (Å²) < 4.78 is 40.0. The van der Waals surface area contributed by atoms with Crippen molar-refractivity contribution in [1.82, 2.24) is 14.5 Å². The molecule has 1 N–H and O–H groups in total. The Hall–Kier alpha value is -2.49. The van der Waals surface area contributed by atoms with Crippen LogP contribution in [0.25, 0.3) is 0 Å². The molecular formula is C23H29ClFN3O4S. The maximum Gasteiger partial charge on any atom is 0.243 e. The molecule has 0 bridgehead atoms. The van der Waals surface area contributed by atoms with Crippen molar-refractivity contribution in [1.29, 1.82) is 0 Å². The van der Waals surface area contributed by atoms with Crippen LogP contribution < -0.4 is 5.32 Å². The van der Waals surface area contributed by atoms with Crippen molar-refractivity contribution >= 4 is 33.4 Å². The van der Waals surface area contributed by atoms with E-state index < -0.39 is 34.3 Å². The molecular weight excluding hydrogens is 469 g/mol. The Morgan fingerprint density at radius 2 is 1.70 bits per heavy atom. The highest BCUT2D eigenvalue weighted by atomic mass is 35.5. The van der Waals surface area contributed by atoms with E-state index in [9.17, 15) is 22.4 Å². The van der Waals surface area contributed by atoms with E-state index in [-0.39, 0.29) is 17.3 Å². The smallest absolute Gasteiger partial charge is 0.243 e. The molecule has 0 saturated heterocycles. The zero-order valence-electron chi connectivity index (χ0n) is 18.9. The summed E-state index contributed by atoms with van der Waals surface area (Å²) >= 11 is 5.83. The maximum absolute atomic E-state index is 13.3. The van der Waals surface area contributed by atoms with E-state index in [1.165, 1.54) is 60.5 Å². The predicted octanol–water partition coefficient (Wildman–Crippen LogP) is 3.43. The van der Waals surface area contributed by atoms with Gasteiger partial charge in [-0.1, -0.05) is 37.1 Å². The molecule has 7 nitrogen and oxygen atoms in total. The molecule has 2 rings (SSSR count). The molecule has 10 heteroatoms. The van der Waals surface area contributed by atoms with Crippen LogP contribution in [0.4, 0.5) is 4.39 Å². The number of amides is 2. The number of benzene rings is 2. The summed E-state index contributed by atoms with van der Waals surface area (Å²) in [5.41, 5.74) is 0.612. The lowest BCUT2D eigenvalue weighted by Gasteiger charge is -2.30. The summed E-state index contributed by atoms with van der Waals surface area (Å²) in [6, 6.07) is 10.3. The molecule has 0 aromatic heterocycles. The number of rotatable bonds is 11. The zero-order chi connectivity index (χ0) is 24.6. The molecule has 33 heavy (non-hydrogen) atoms. The van der Waals surface area contributed by atoms with Crippen molar-refractivity contribution in [2.75, 3.05) is 20.1 Å². The van der Waals surface area contributed by atoms with Gasteiger partial charge in [-0.25, -0.2) is 12.8 Å². The minimum atomic E-state index is -3.95. The second-order valence-corrected chi connectivity index (χ2v) is 10.2. The zero-order valence-corrected chi connectivity index (χ0v) is 20.5. The number of sulfonamides is 1. The number of carbonyl (C=O) groups excluding carboxylic acids is 2. The summed E-state index contributed by atoms with van der Waals surface area (Å²) in [6.45, 7) is 3.60. The van der Waals surface area contributed by atoms with E-state index in [1.54, 1.807) is 6.92 Å². The predicted molar refractivity (Wildman–Crippen MR) is 126 cm³/mol. The largest absolute Gasteiger partial charge is 0.354 e. The topological polar surface area (TPSA) is 86.8 Å². The first-order chi connectivity index (χ1) is 15.6. The van der Waals surface area contributed by atoms with Crippen molar-refractivity contribution in [3.63, 3.8) is 0 Å². The lowest BCUT2D eigenvalue weighted by Crippen LogP contribution is -2.50. The molecule has 2 aromatic rings. The third-order valence-electron chi connectivity index (χ3n) is 5.14. The van der Waals surface area contributed by atoms with Crippen LogP contribution in [0, 0.1) is 5.82 Å².